The quantitative estimate of drug-likeness (QED) is 0.796. The van der Waals surface area contributed by atoms with Gasteiger partial charge in [0.05, 0.1) is 6.20 Å². The summed E-state index contributed by atoms with van der Waals surface area (Å²) < 4.78 is 28.7. The van der Waals surface area contributed by atoms with Crippen molar-refractivity contribution in [2.45, 2.75) is 6.54 Å². The molecule has 1 aliphatic heterocycles. The number of hydrogen-bond acceptors (Lipinski definition) is 3. The van der Waals surface area contributed by atoms with Crippen LogP contribution in [-0.4, -0.2) is 51.7 Å². The maximum Gasteiger partial charge on any atom is 0.246 e. The molecular formula is C18H20F2N4O. The van der Waals surface area contributed by atoms with Crippen LogP contribution in [0.2, 0.25) is 0 Å². The van der Waals surface area contributed by atoms with Crippen LogP contribution < -0.4 is 0 Å². The molecule has 7 heteroatoms. The van der Waals surface area contributed by atoms with Crippen LogP contribution in [-0.2, 0) is 18.4 Å². The SMILES string of the molecule is Cn1cc(/C=C/C(=O)N2CCN(Cc3cccc(F)c3F)CC2)cn1. The summed E-state index contributed by atoms with van der Waals surface area (Å²) in [5.41, 5.74) is 1.22. The summed E-state index contributed by atoms with van der Waals surface area (Å²) in [5.74, 6) is -1.67. The summed E-state index contributed by atoms with van der Waals surface area (Å²) in [7, 11) is 1.82. The molecule has 5 nitrogen and oxygen atoms in total. The highest BCUT2D eigenvalue weighted by atomic mass is 19.2. The molecule has 1 fully saturated rings. The van der Waals surface area contributed by atoms with Crippen LogP contribution in [0, 0.1) is 11.6 Å². The molecule has 25 heavy (non-hydrogen) atoms. The Bertz CT molecular complexity index is 779. The van der Waals surface area contributed by atoms with E-state index in [9.17, 15) is 13.6 Å². The first-order chi connectivity index (χ1) is 12.0. The molecule has 0 unspecified atom stereocenters. The van der Waals surface area contributed by atoms with E-state index in [1.54, 1.807) is 34.0 Å². The molecule has 0 aliphatic carbocycles. The number of amides is 1. The average Bonchev–Trinajstić information content (AvgIpc) is 3.03. The largest absolute Gasteiger partial charge is 0.337 e. The van der Waals surface area contributed by atoms with E-state index in [4.69, 9.17) is 0 Å². The van der Waals surface area contributed by atoms with Gasteiger partial charge in [-0.25, -0.2) is 8.78 Å². The van der Waals surface area contributed by atoms with Crippen molar-refractivity contribution < 1.29 is 13.6 Å². The number of hydrogen-bond donors (Lipinski definition) is 0. The van der Waals surface area contributed by atoms with Crippen LogP contribution >= 0.6 is 0 Å². The summed E-state index contributed by atoms with van der Waals surface area (Å²) in [6.07, 6.45) is 6.80. The third kappa shape index (κ3) is 4.30. The Morgan fingerprint density at radius 3 is 2.68 bits per heavy atom. The molecule has 1 aromatic carbocycles. The van der Waals surface area contributed by atoms with E-state index in [-0.39, 0.29) is 5.91 Å². The van der Waals surface area contributed by atoms with Gasteiger partial charge >= 0.3 is 0 Å². The van der Waals surface area contributed by atoms with Gasteiger partial charge in [-0.3, -0.25) is 14.4 Å². The van der Waals surface area contributed by atoms with Crippen molar-refractivity contribution in [2.75, 3.05) is 26.2 Å². The maximum absolute atomic E-state index is 13.7. The fourth-order valence-electron chi connectivity index (χ4n) is 2.84. The molecule has 3 rings (SSSR count). The first-order valence-corrected chi connectivity index (χ1v) is 8.14. The lowest BCUT2D eigenvalue weighted by atomic mass is 10.1. The van der Waals surface area contributed by atoms with E-state index in [2.05, 4.69) is 5.10 Å². The zero-order valence-electron chi connectivity index (χ0n) is 14.0. The molecule has 0 radical (unpaired) electrons. The number of benzene rings is 1. The van der Waals surface area contributed by atoms with Gasteiger partial charge in [-0.1, -0.05) is 12.1 Å². The number of halogens is 2. The van der Waals surface area contributed by atoms with E-state index in [0.717, 1.165) is 11.6 Å². The normalized spacial score (nSPS) is 15.9. The number of nitrogens with zero attached hydrogens (tertiary/aromatic N) is 4. The van der Waals surface area contributed by atoms with Crippen molar-refractivity contribution in [1.29, 1.82) is 0 Å². The topological polar surface area (TPSA) is 41.4 Å². The van der Waals surface area contributed by atoms with Gasteiger partial charge in [0.2, 0.25) is 5.91 Å². The molecule has 1 saturated heterocycles. The van der Waals surface area contributed by atoms with E-state index in [1.165, 1.54) is 6.07 Å². The summed E-state index contributed by atoms with van der Waals surface area (Å²) in [6.45, 7) is 2.72. The number of aryl methyl sites for hydroxylation is 1. The smallest absolute Gasteiger partial charge is 0.246 e. The Kier molecular flexibility index (Phi) is 5.23. The minimum absolute atomic E-state index is 0.0551. The Morgan fingerprint density at radius 1 is 1.24 bits per heavy atom. The lowest BCUT2D eigenvalue weighted by molar-refractivity contribution is -0.127. The van der Waals surface area contributed by atoms with Crippen LogP contribution in [0.4, 0.5) is 8.78 Å². The van der Waals surface area contributed by atoms with Crippen molar-refractivity contribution in [1.82, 2.24) is 19.6 Å². The molecule has 2 aromatic rings. The number of carbonyl (C=O) groups excluding carboxylic acids is 1. The third-order valence-corrected chi connectivity index (χ3v) is 4.25. The molecule has 0 saturated carbocycles. The van der Waals surface area contributed by atoms with Gasteiger partial charge in [0.15, 0.2) is 11.6 Å². The van der Waals surface area contributed by atoms with E-state index in [0.29, 0.717) is 38.3 Å². The van der Waals surface area contributed by atoms with Crippen LogP contribution in [0.1, 0.15) is 11.1 Å². The van der Waals surface area contributed by atoms with E-state index >= 15 is 0 Å². The zero-order valence-corrected chi connectivity index (χ0v) is 14.0. The number of rotatable bonds is 4. The van der Waals surface area contributed by atoms with Gasteiger partial charge in [0, 0.05) is 63.2 Å². The molecule has 1 aromatic heterocycles. The van der Waals surface area contributed by atoms with Crippen molar-refractivity contribution in [2.24, 2.45) is 7.05 Å². The first-order valence-electron chi connectivity index (χ1n) is 8.14. The molecule has 132 valence electrons. The predicted molar refractivity (Wildman–Crippen MR) is 90.5 cm³/mol. The van der Waals surface area contributed by atoms with Gasteiger partial charge in [-0.15, -0.1) is 0 Å². The third-order valence-electron chi connectivity index (χ3n) is 4.25. The highest BCUT2D eigenvalue weighted by Crippen LogP contribution is 2.15. The molecule has 2 heterocycles. The maximum atomic E-state index is 13.7. The van der Waals surface area contributed by atoms with E-state index in [1.807, 2.05) is 18.1 Å². The minimum Gasteiger partial charge on any atom is -0.337 e. The van der Waals surface area contributed by atoms with Crippen LogP contribution in [0.3, 0.4) is 0 Å². The summed E-state index contributed by atoms with van der Waals surface area (Å²) in [6, 6.07) is 4.22. The summed E-state index contributed by atoms with van der Waals surface area (Å²) in [4.78, 5) is 16.0. The number of carbonyl (C=O) groups is 1. The molecule has 1 aliphatic rings. The van der Waals surface area contributed by atoms with Crippen LogP contribution in [0.15, 0.2) is 36.7 Å². The molecule has 0 bridgehead atoms. The standard InChI is InChI=1S/C18H20F2N4O/c1-22-12-14(11-21-22)5-6-17(25)24-9-7-23(8-10-24)13-15-3-2-4-16(19)18(15)20/h2-6,11-12H,7-10,13H2,1H3/b6-5+. The molecule has 0 N–H and O–H groups in total. The monoisotopic (exact) mass is 346 g/mol. The van der Waals surface area contributed by atoms with Gasteiger partial charge in [-0.05, 0) is 12.1 Å². The number of piperazine rings is 1. The second kappa shape index (κ2) is 7.57. The molecule has 0 atom stereocenters. The first kappa shape index (κ1) is 17.3. The van der Waals surface area contributed by atoms with Gasteiger partial charge < -0.3 is 4.90 Å². The molecule has 1 amide bonds. The van der Waals surface area contributed by atoms with Crippen molar-refractivity contribution in [3.8, 4) is 0 Å². The van der Waals surface area contributed by atoms with Gasteiger partial charge in [0.1, 0.15) is 0 Å². The average molecular weight is 346 g/mol. The van der Waals surface area contributed by atoms with Gasteiger partial charge in [0.25, 0.3) is 0 Å². The highest BCUT2D eigenvalue weighted by molar-refractivity contribution is 5.91. The van der Waals surface area contributed by atoms with Crippen LogP contribution in [0.5, 0.6) is 0 Å². The fraction of sp³-hybridized carbons (Fsp3) is 0.333. The van der Waals surface area contributed by atoms with Crippen LogP contribution in [0.25, 0.3) is 6.08 Å². The Labute approximate surface area is 145 Å². The van der Waals surface area contributed by atoms with Crippen molar-refractivity contribution in [3.05, 3.63) is 59.4 Å². The fourth-order valence-corrected chi connectivity index (χ4v) is 2.84. The lowest BCUT2D eigenvalue weighted by Crippen LogP contribution is -2.47. The molecular weight excluding hydrogens is 326 g/mol. The second-order valence-corrected chi connectivity index (χ2v) is 6.10. The van der Waals surface area contributed by atoms with E-state index < -0.39 is 11.6 Å². The van der Waals surface area contributed by atoms with Gasteiger partial charge in [-0.2, -0.15) is 5.10 Å². The zero-order chi connectivity index (χ0) is 17.8. The Morgan fingerprint density at radius 2 is 2.00 bits per heavy atom. The Hall–Kier alpha value is -2.54. The lowest BCUT2D eigenvalue weighted by Gasteiger charge is -2.34. The summed E-state index contributed by atoms with van der Waals surface area (Å²) >= 11 is 0. The Balaban J connectivity index is 1.52. The number of aromatic nitrogens is 2. The second-order valence-electron chi connectivity index (χ2n) is 6.10. The minimum atomic E-state index is -0.827. The molecule has 0 spiro atoms. The summed E-state index contributed by atoms with van der Waals surface area (Å²) in [5, 5.41) is 4.05. The highest BCUT2D eigenvalue weighted by Gasteiger charge is 2.21. The van der Waals surface area contributed by atoms with Crippen molar-refractivity contribution in [3.63, 3.8) is 0 Å². The predicted octanol–water partition coefficient (Wildman–Crippen LogP) is 2.06. The van der Waals surface area contributed by atoms with Crippen molar-refractivity contribution >= 4 is 12.0 Å².